The van der Waals surface area contributed by atoms with Crippen molar-refractivity contribution >= 4 is 27.5 Å². The summed E-state index contributed by atoms with van der Waals surface area (Å²) in [6, 6.07) is 13.2. The van der Waals surface area contributed by atoms with Crippen molar-refractivity contribution in [2.75, 3.05) is 12.4 Å². The molecule has 2 amide bonds. The lowest BCUT2D eigenvalue weighted by molar-refractivity contribution is -0.128. The third-order valence-electron chi connectivity index (χ3n) is 5.29. The molecule has 0 saturated heterocycles. The second-order valence-corrected chi connectivity index (χ2v) is 9.33. The smallest absolute Gasteiger partial charge is 0.255 e. The summed E-state index contributed by atoms with van der Waals surface area (Å²) in [6.45, 7) is 1.83. The van der Waals surface area contributed by atoms with Crippen molar-refractivity contribution in [3.8, 4) is 0 Å². The third-order valence-corrected chi connectivity index (χ3v) is 6.81. The van der Waals surface area contributed by atoms with Crippen LogP contribution in [0.25, 0.3) is 0 Å². The number of nitrogens with one attached hydrogen (secondary N) is 2. The van der Waals surface area contributed by atoms with Gasteiger partial charge >= 0.3 is 0 Å². The number of nitrogens with zero attached hydrogens (tertiary/aromatic N) is 1. The molecule has 0 heterocycles. The molecular formula is C22H27N3O4S. The number of para-hydroxylation sites is 1. The quantitative estimate of drug-likeness (QED) is 0.707. The summed E-state index contributed by atoms with van der Waals surface area (Å²) >= 11 is 0. The van der Waals surface area contributed by atoms with Crippen LogP contribution in [0.15, 0.2) is 53.4 Å². The maximum Gasteiger partial charge on any atom is 0.255 e. The SMILES string of the molecule is CC(=O)N(C)Cc1ccccc1NC(=O)c1cccc(S(=O)(=O)NC2CCCC2)c1. The fraction of sp³-hybridized carbons (Fsp3) is 0.364. The van der Waals surface area contributed by atoms with Crippen molar-refractivity contribution in [1.29, 1.82) is 0 Å². The van der Waals surface area contributed by atoms with Gasteiger partial charge in [0.25, 0.3) is 5.91 Å². The minimum atomic E-state index is -3.68. The average Bonchev–Trinajstić information content (AvgIpc) is 3.21. The lowest BCUT2D eigenvalue weighted by Gasteiger charge is -2.18. The highest BCUT2D eigenvalue weighted by Gasteiger charge is 2.23. The second kappa shape index (κ2) is 9.40. The zero-order valence-electron chi connectivity index (χ0n) is 17.2. The van der Waals surface area contributed by atoms with Crippen LogP contribution in [0.4, 0.5) is 5.69 Å². The molecule has 0 aliphatic heterocycles. The number of hydrogen-bond donors (Lipinski definition) is 2. The first-order valence-electron chi connectivity index (χ1n) is 9.99. The van der Waals surface area contributed by atoms with Gasteiger partial charge in [0.05, 0.1) is 4.90 Å². The predicted octanol–water partition coefficient (Wildman–Crippen LogP) is 3.14. The molecule has 1 aliphatic carbocycles. The van der Waals surface area contributed by atoms with Crippen LogP contribution >= 0.6 is 0 Å². The van der Waals surface area contributed by atoms with Crippen LogP contribution in [0.5, 0.6) is 0 Å². The predicted molar refractivity (Wildman–Crippen MR) is 116 cm³/mol. The second-order valence-electron chi connectivity index (χ2n) is 7.62. The minimum Gasteiger partial charge on any atom is -0.342 e. The molecule has 0 radical (unpaired) electrons. The van der Waals surface area contributed by atoms with Gasteiger partial charge in [-0.1, -0.05) is 37.1 Å². The molecular weight excluding hydrogens is 402 g/mol. The van der Waals surface area contributed by atoms with Gasteiger partial charge in [0.2, 0.25) is 15.9 Å². The van der Waals surface area contributed by atoms with Crippen LogP contribution in [0.2, 0.25) is 0 Å². The summed E-state index contributed by atoms with van der Waals surface area (Å²) in [5.74, 6) is -0.491. The summed E-state index contributed by atoms with van der Waals surface area (Å²) in [4.78, 5) is 26.0. The van der Waals surface area contributed by atoms with Gasteiger partial charge in [0.1, 0.15) is 0 Å². The Morgan fingerprint density at radius 2 is 1.77 bits per heavy atom. The van der Waals surface area contributed by atoms with Gasteiger partial charge in [0.15, 0.2) is 0 Å². The highest BCUT2D eigenvalue weighted by molar-refractivity contribution is 7.89. The molecule has 2 aromatic rings. The maximum atomic E-state index is 12.8. The Bertz CT molecular complexity index is 1030. The fourth-order valence-corrected chi connectivity index (χ4v) is 4.83. The van der Waals surface area contributed by atoms with Crippen molar-refractivity contribution in [3.63, 3.8) is 0 Å². The standard InChI is InChI=1S/C22H27N3O4S/c1-16(26)25(2)15-18-8-3-6-13-21(18)23-22(27)17-9-7-12-20(14-17)30(28,29)24-19-10-4-5-11-19/h3,6-9,12-14,19,24H,4-5,10-11,15H2,1-2H3,(H,23,27). The molecule has 3 rings (SSSR count). The zero-order chi connectivity index (χ0) is 21.7. The van der Waals surface area contributed by atoms with Gasteiger partial charge in [-0.25, -0.2) is 13.1 Å². The number of anilines is 1. The molecule has 160 valence electrons. The van der Waals surface area contributed by atoms with E-state index in [1.165, 1.54) is 19.1 Å². The third kappa shape index (κ3) is 5.46. The number of hydrogen-bond acceptors (Lipinski definition) is 4. The Hall–Kier alpha value is -2.71. The Balaban J connectivity index is 1.77. The topological polar surface area (TPSA) is 95.6 Å². The highest BCUT2D eigenvalue weighted by atomic mass is 32.2. The normalized spacial score (nSPS) is 14.5. The lowest BCUT2D eigenvalue weighted by Crippen LogP contribution is -2.32. The van der Waals surface area contributed by atoms with Crippen molar-refractivity contribution < 1.29 is 18.0 Å². The zero-order valence-corrected chi connectivity index (χ0v) is 18.0. The first-order valence-corrected chi connectivity index (χ1v) is 11.5. The first-order chi connectivity index (χ1) is 14.3. The molecule has 2 aromatic carbocycles. The fourth-order valence-electron chi connectivity index (χ4n) is 3.48. The van der Waals surface area contributed by atoms with Crippen molar-refractivity contribution in [3.05, 3.63) is 59.7 Å². The molecule has 0 aromatic heterocycles. The molecule has 30 heavy (non-hydrogen) atoms. The monoisotopic (exact) mass is 429 g/mol. The summed E-state index contributed by atoms with van der Waals surface area (Å²) in [7, 11) is -1.99. The van der Waals surface area contributed by atoms with Crippen LogP contribution in [0.1, 0.15) is 48.5 Å². The van der Waals surface area contributed by atoms with Crippen LogP contribution < -0.4 is 10.0 Å². The Morgan fingerprint density at radius 1 is 1.07 bits per heavy atom. The van der Waals surface area contributed by atoms with Gasteiger partial charge in [-0.15, -0.1) is 0 Å². The van der Waals surface area contributed by atoms with E-state index in [1.54, 1.807) is 36.2 Å². The Kier molecular flexibility index (Phi) is 6.89. The van der Waals surface area contributed by atoms with Gasteiger partial charge in [-0.3, -0.25) is 9.59 Å². The van der Waals surface area contributed by atoms with E-state index in [1.807, 2.05) is 12.1 Å². The van der Waals surface area contributed by atoms with Gasteiger partial charge < -0.3 is 10.2 Å². The van der Waals surface area contributed by atoms with Gasteiger partial charge in [0, 0.05) is 37.8 Å². The Morgan fingerprint density at radius 3 is 2.47 bits per heavy atom. The number of sulfonamides is 1. The van der Waals surface area contributed by atoms with Gasteiger partial charge in [-0.2, -0.15) is 0 Å². The maximum absolute atomic E-state index is 12.8. The largest absolute Gasteiger partial charge is 0.342 e. The number of amides is 2. The molecule has 0 atom stereocenters. The Labute approximate surface area is 177 Å². The van der Waals surface area contributed by atoms with E-state index >= 15 is 0 Å². The van der Waals surface area contributed by atoms with E-state index in [2.05, 4.69) is 10.0 Å². The van der Waals surface area contributed by atoms with Crippen LogP contribution in [-0.2, 0) is 21.4 Å². The van der Waals surface area contributed by atoms with Crippen LogP contribution in [-0.4, -0.2) is 38.2 Å². The summed E-state index contributed by atoms with van der Waals surface area (Å²) in [5, 5.41) is 2.83. The van der Waals surface area contributed by atoms with Gasteiger partial charge in [-0.05, 0) is 42.7 Å². The van der Waals surface area contributed by atoms with Crippen molar-refractivity contribution in [2.45, 2.75) is 50.1 Å². The molecule has 1 fully saturated rings. The molecule has 0 spiro atoms. The number of rotatable bonds is 7. The van der Waals surface area contributed by atoms with E-state index in [-0.39, 0.29) is 22.4 Å². The average molecular weight is 430 g/mol. The van der Waals surface area contributed by atoms with Crippen molar-refractivity contribution in [2.24, 2.45) is 0 Å². The first kappa shape index (κ1) is 22.0. The molecule has 1 aliphatic rings. The van der Waals surface area contributed by atoms with Crippen molar-refractivity contribution in [1.82, 2.24) is 9.62 Å². The summed E-state index contributed by atoms with van der Waals surface area (Å²) < 4.78 is 28.1. The van der Waals surface area contributed by atoms with E-state index in [0.717, 1.165) is 31.2 Å². The highest BCUT2D eigenvalue weighted by Crippen LogP contribution is 2.22. The van der Waals surface area contributed by atoms with Crippen LogP contribution in [0.3, 0.4) is 0 Å². The molecule has 2 N–H and O–H groups in total. The van der Waals surface area contributed by atoms with E-state index in [4.69, 9.17) is 0 Å². The van der Waals surface area contributed by atoms with E-state index in [0.29, 0.717) is 12.2 Å². The summed E-state index contributed by atoms with van der Waals surface area (Å²) in [5.41, 5.74) is 1.61. The molecule has 0 bridgehead atoms. The summed E-state index contributed by atoms with van der Waals surface area (Å²) in [6.07, 6.45) is 3.72. The number of carbonyl (C=O) groups is 2. The molecule has 7 nitrogen and oxygen atoms in total. The lowest BCUT2D eigenvalue weighted by atomic mass is 10.1. The molecule has 1 saturated carbocycles. The van der Waals surface area contributed by atoms with E-state index in [9.17, 15) is 18.0 Å². The minimum absolute atomic E-state index is 0.0439. The number of carbonyl (C=O) groups excluding carboxylic acids is 2. The van der Waals surface area contributed by atoms with E-state index < -0.39 is 15.9 Å². The van der Waals surface area contributed by atoms with Crippen LogP contribution in [0, 0.1) is 0 Å². The molecule has 8 heteroatoms. The number of benzene rings is 2. The molecule has 0 unspecified atom stereocenters.